The highest BCUT2D eigenvalue weighted by atomic mass is 16.6. The van der Waals surface area contributed by atoms with Crippen molar-refractivity contribution in [3.8, 4) is 0 Å². The monoisotopic (exact) mass is 472 g/mol. The molecule has 0 saturated carbocycles. The lowest BCUT2D eigenvalue weighted by Gasteiger charge is -2.39. The summed E-state index contributed by atoms with van der Waals surface area (Å²) in [6.07, 6.45) is 3.29. The van der Waals surface area contributed by atoms with Crippen molar-refractivity contribution in [2.75, 3.05) is 6.61 Å². The molecule has 0 heterocycles. The first kappa shape index (κ1) is 26.6. The van der Waals surface area contributed by atoms with Gasteiger partial charge in [0.05, 0.1) is 26.4 Å². The number of hydrogen-bond acceptors (Lipinski definition) is 4. The molecule has 0 fully saturated rings. The van der Waals surface area contributed by atoms with Crippen molar-refractivity contribution in [2.45, 2.75) is 50.5 Å². The van der Waals surface area contributed by atoms with E-state index in [9.17, 15) is 5.11 Å². The molecule has 35 heavy (non-hydrogen) atoms. The van der Waals surface area contributed by atoms with Crippen LogP contribution in [0.15, 0.2) is 116 Å². The second-order valence-electron chi connectivity index (χ2n) is 8.62. The highest BCUT2D eigenvalue weighted by molar-refractivity contribution is 5.16. The molecular formula is C31H36O4. The summed E-state index contributed by atoms with van der Waals surface area (Å²) in [5, 5.41) is 11.9. The molecule has 3 atom stereocenters. The molecule has 0 unspecified atom stereocenters. The molecule has 0 bridgehead atoms. The summed E-state index contributed by atoms with van der Waals surface area (Å²) in [6, 6.07) is 29.8. The lowest BCUT2D eigenvalue weighted by atomic mass is 9.88. The van der Waals surface area contributed by atoms with Crippen molar-refractivity contribution in [3.05, 3.63) is 133 Å². The van der Waals surface area contributed by atoms with Gasteiger partial charge in [-0.3, -0.25) is 0 Å². The summed E-state index contributed by atoms with van der Waals surface area (Å²) in [5.41, 5.74) is 1.78. The Morgan fingerprint density at radius 3 is 1.69 bits per heavy atom. The predicted octanol–water partition coefficient (Wildman–Crippen LogP) is 6.26. The Morgan fingerprint density at radius 1 is 0.714 bits per heavy atom. The zero-order chi connectivity index (χ0) is 24.8. The van der Waals surface area contributed by atoms with Crippen molar-refractivity contribution in [1.82, 2.24) is 0 Å². The molecule has 0 radical (unpaired) electrons. The van der Waals surface area contributed by atoms with Crippen LogP contribution in [0.2, 0.25) is 0 Å². The molecule has 0 aliphatic heterocycles. The molecule has 4 heteroatoms. The molecular weight excluding hydrogens is 436 g/mol. The van der Waals surface area contributed by atoms with Gasteiger partial charge >= 0.3 is 0 Å². The third-order valence-electron chi connectivity index (χ3n) is 5.86. The maximum atomic E-state index is 11.9. The van der Waals surface area contributed by atoms with Gasteiger partial charge in [0.15, 0.2) is 0 Å². The minimum Gasteiger partial charge on any atom is -0.385 e. The van der Waals surface area contributed by atoms with Crippen molar-refractivity contribution in [2.24, 2.45) is 0 Å². The zero-order valence-corrected chi connectivity index (χ0v) is 20.3. The average Bonchev–Trinajstić information content (AvgIpc) is 2.91. The molecule has 0 amide bonds. The molecule has 3 aromatic rings. The largest absolute Gasteiger partial charge is 0.385 e. The highest BCUT2D eigenvalue weighted by Crippen LogP contribution is 2.28. The van der Waals surface area contributed by atoms with Gasteiger partial charge in [-0.05, 0) is 29.5 Å². The SMILES string of the molecule is C=CCC[C@@](O)(COCc1ccccc1)[C@@H](OCc1ccccc1)[C@@H](C=C)OCc1ccccc1. The zero-order valence-electron chi connectivity index (χ0n) is 20.3. The summed E-state index contributed by atoms with van der Waals surface area (Å²) < 4.78 is 18.6. The molecule has 3 rings (SSSR count). The molecule has 0 saturated heterocycles. The fraction of sp³-hybridized carbons (Fsp3) is 0.290. The molecule has 1 N–H and O–H groups in total. The topological polar surface area (TPSA) is 47.9 Å². The second kappa shape index (κ2) is 14.4. The number of hydrogen-bond donors (Lipinski definition) is 1. The Kier molecular flexibility index (Phi) is 10.9. The standard InChI is InChI=1S/C31H36O4/c1-3-5-21-31(32,25-33-22-26-15-9-6-10-16-26)30(35-24-28-19-13-8-14-20-28)29(4-2)34-23-27-17-11-7-12-18-27/h3-4,6-20,29-30,32H,1-2,5,21-25H2/t29-,30+,31-/m1/s1. The Bertz CT molecular complexity index is 990. The smallest absolute Gasteiger partial charge is 0.119 e. The van der Waals surface area contributed by atoms with Crippen LogP contribution in [-0.4, -0.2) is 29.5 Å². The summed E-state index contributed by atoms with van der Waals surface area (Å²) in [6.45, 7) is 9.03. The number of ether oxygens (including phenoxy) is 3. The van der Waals surface area contributed by atoms with Crippen LogP contribution in [0.3, 0.4) is 0 Å². The molecule has 0 aliphatic rings. The Morgan fingerprint density at radius 2 is 1.20 bits per heavy atom. The third kappa shape index (κ3) is 8.61. The molecule has 0 aromatic heterocycles. The summed E-state index contributed by atoms with van der Waals surface area (Å²) in [4.78, 5) is 0. The van der Waals surface area contributed by atoms with Gasteiger partial charge in [0, 0.05) is 0 Å². The van der Waals surface area contributed by atoms with Gasteiger partial charge in [-0.15, -0.1) is 13.2 Å². The normalized spacial score (nSPS) is 14.5. The van der Waals surface area contributed by atoms with Crippen LogP contribution in [0.1, 0.15) is 29.5 Å². The number of aliphatic hydroxyl groups is 1. The molecule has 0 spiro atoms. The fourth-order valence-electron chi connectivity index (χ4n) is 3.93. The van der Waals surface area contributed by atoms with E-state index in [1.54, 1.807) is 12.2 Å². The number of allylic oxidation sites excluding steroid dienone is 1. The quantitative estimate of drug-likeness (QED) is 0.250. The first-order valence-electron chi connectivity index (χ1n) is 12.0. The average molecular weight is 473 g/mol. The van der Waals surface area contributed by atoms with E-state index in [0.29, 0.717) is 32.7 Å². The van der Waals surface area contributed by atoms with Gasteiger partial charge in [0.1, 0.15) is 17.8 Å². The maximum absolute atomic E-state index is 11.9. The van der Waals surface area contributed by atoms with Gasteiger partial charge in [0.2, 0.25) is 0 Å². The predicted molar refractivity (Wildman–Crippen MR) is 141 cm³/mol. The van der Waals surface area contributed by atoms with Crippen LogP contribution >= 0.6 is 0 Å². The number of benzene rings is 3. The lowest BCUT2D eigenvalue weighted by molar-refractivity contribution is -0.189. The minimum absolute atomic E-state index is 0.0915. The van der Waals surface area contributed by atoms with E-state index in [1.807, 2.05) is 91.0 Å². The number of rotatable bonds is 16. The van der Waals surface area contributed by atoms with Crippen molar-refractivity contribution in [3.63, 3.8) is 0 Å². The lowest BCUT2D eigenvalue weighted by Crippen LogP contribution is -2.53. The van der Waals surface area contributed by atoms with Crippen LogP contribution < -0.4 is 0 Å². The van der Waals surface area contributed by atoms with E-state index in [0.717, 1.165) is 16.7 Å². The van der Waals surface area contributed by atoms with Gasteiger partial charge in [-0.2, -0.15) is 0 Å². The summed E-state index contributed by atoms with van der Waals surface area (Å²) >= 11 is 0. The van der Waals surface area contributed by atoms with Crippen LogP contribution in [0, 0.1) is 0 Å². The van der Waals surface area contributed by atoms with Crippen LogP contribution in [-0.2, 0) is 34.0 Å². The minimum atomic E-state index is -1.31. The molecule has 0 aliphatic carbocycles. The van der Waals surface area contributed by atoms with Crippen LogP contribution in [0.5, 0.6) is 0 Å². The van der Waals surface area contributed by atoms with Crippen molar-refractivity contribution >= 4 is 0 Å². The summed E-state index contributed by atoms with van der Waals surface area (Å²) in [7, 11) is 0. The van der Waals surface area contributed by atoms with E-state index in [2.05, 4.69) is 13.2 Å². The maximum Gasteiger partial charge on any atom is 0.119 e. The third-order valence-corrected chi connectivity index (χ3v) is 5.86. The van der Waals surface area contributed by atoms with Crippen LogP contribution in [0.4, 0.5) is 0 Å². The highest BCUT2D eigenvalue weighted by Gasteiger charge is 2.42. The van der Waals surface area contributed by atoms with E-state index in [1.165, 1.54) is 0 Å². The van der Waals surface area contributed by atoms with Crippen molar-refractivity contribution < 1.29 is 19.3 Å². The Hall–Kier alpha value is -3.02. The molecule has 3 aromatic carbocycles. The Labute approximate surface area is 209 Å². The first-order chi connectivity index (χ1) is 17.1. The summed E-state index contributed by atoms with van der Waals surface area (Å²) in [5.74, 6) is 0. The van der Waals surface area contributed by atoms with E-state index < -0.39 is 17.8 Å². The van der Waals surface area contributed by atoms with Crippen LogP contribution in [0.25, 0.3) is 0 Å². The first-order valence-corrected chi connectivity index (χ1v) is 12.0. The van der Waals surface area contributed by atoms with E-state index in [4.69, 9.17) is 14.2 Å². The molecule has 4 nitrogen and oxygen atoms in total. The van der Waals surface area contributed by atoms with E-state index >= 15 is 0 Å². The molecule has 184 valence electrons. The van der Waals surface area contributed by atoms with E-state index in [-0.39, 0.29) is 6.61 Å². The second-order valence-corrected chi connectivity index (χ2v) is 8.62. The van der Waals surface area contributed by atoms with Gasteiger partial charge < -0.3 is 19.3 Å². The van der Waals surface area contributed by atoms with Gasteiger partial charge in [-0.1, -0.05) is 103 Å². The van der Waals surface area contributed by atoms with Gasteiger partial charge in [-0.25, -0.2) is 0 Å². The fourth-order valence-corrected chi connectivity index (χ4v) is 3.93. The Balaban J connectivity index is 1.79. The van der Waals surface area contributed by atoms with Gasteiger partial charge in [0.25, 0.3) is 0 Å². The van der Waals surface area contributed by atoms with Crippen molar-refractivity contribution in [1.29, 1.82) is 0 Å².